The van der Waals surface area contributed by atoms with Crippen molar-refractivity contribution in [1.29, 1.82) is 0 Å². The number of piperidine rings is 1. The van der Waals surface area contributed by atoms with E-state index in [9.17, 15) is 4.79 Å². The lowest BCUT2D eigenvalue weighted by Crippen LogP contribution is -2.47. The minimum absolute atomic E-state index is 0.000436. The van der Waals surface area contributed by atoms with Gasteiger partial charge in [-0.15, -0.1) is 11.3 Å². The largest absolute Gasteiger partial charge is 0.444 e. The van der Waals surface area contributed by atoms with Crippen molar-refractivity contribution >= 4 is 45.7 Å². The standard InChI is InChI=1S/C34H37N7O3S/c1-21-13-14-24-25(10-6-12-27(24)39-29-20-45-22(2)37-29)30(21)43-31-26(11-7-16-35-31)28-15-17-36-32(40-28)38-23-9-8-18-41(19-23)33(42)44-34(3,4)5/h6-7,10-17,20,23,39H,8-9,18-19H2,1-5H3,(H,36,38,40)/t23-/m0/s1. The summed E-state index contributed by atoms with van der Waals surface area (Å²) >= 11 is 1.61. The highest BCUT2D eigenvalue weighted by Gasteiger charge is 2.28. The molecule has 2 aromatic carbocycles. The van der Waals surface area contributed by atoms with Gasteiger partial charge in [0.05, 0.1) is 16.3 Å². The third kappa shape index (κ3) is 7.15. The van der Waals surface area contributed by atoms with Crippen LogP contribution < -0.4 is 15.4 Å². The molecule has 0 aliphatic carbocycles. The molecule has 4 heterocycles. The van der Waals surface area contributed by atoms with Crippen molar-refractivity contribution < 1.29 is 14.3 Å². The number of amides is 1. The first-order valence-corrected chi connectivity index (χ1v) is 15.9. The number of benzene rings is 2. The number of pyridine rings is 1. The Morgan fingerprint density at radius 3 is 2.67 bits per heavy atom. The molecule has 1 fully saturated rings. The first-order valence-electron chi connectivity index (χ1n) is 15.1. The van der Waals surface area contributed by atoms with Crippen molar-refractivity contribution in [3.05, 3.63) is 76.9 Å². The van der Waals surface area contributed by atoms with Gasteiger partial charge in [0.25, 0.3) is 0 Å². The number of carbonyl (C=O) groups excluding carboxylic acids is 1. The number of anilines is 3. The van der Waals surface area contributed by atoms with E-state index in [2.05, 4.69) is 43.8 Å². The summed E-state index contributed by atoms with van der Waals surface area (Å²) in [7, 11) is 0. The van der Waals surface area contributed by atoms with E-state index in [0.717, 1.165) is 57.0 Å². The van der Waals surface area contributed by atoms with Gasteiger partial charge in [0, 0.05) is 53.4 Å². The maximum atomic E-state index is 12.7. The van der Waals surface area contributed by atoms with Crippen molar-refractivity contribution in [1.82, 2.24) is 24.8 Å². The van der Waals surface area contributed by atoms with E-state index in [1.807, 2.05) is 70.3 Å². The monoisotopic (exact) mass is 623 g/mol. The van der Waals surface area contributed by atoms with Crippen molar-refractivity contribution in [3.8, 4) is 22.9 Å². The summed E-state index contributed by atoms with van der Waals surface area (Å²) in [5.74, 6) is 2.47. The van der Waals surface area contributed by atoms with Gasteiger partial charge in [-0.25, -0.2) is 24.7 Å². The summed E-state index contributed by atoms with van der Waals surface area (Å²) in [5, 5.41) is 11.9. The van der Waals surface area contributed by atoms with E-state index in [-0.39, 0.29) is 12.1 Å². The molecular weight excluding hydrogens is 586 g/mol. The Morgan fingerprint density at radius 2 is 1.87 bits per heavy atom. The van der Waals surface area contributed by atoms with Crippen molar-refractivity contribution in [3.63, 3.8) is 0 Å². The molecule has 2 N–H and O–H groups in total. The van der Waals surface area contributed by atoms with E-state index < -0.39 is 5.60 Å². The molecule has 10 nitrogen and oxygen atoms in total. The zero-order valence-electron chi connectivity index (χ0n) is 26.1. The Labute approximate surface area is 266 Å². The average Bonchev–Trinajstić information content (AvgIpc) is 3.42. The van der Waals surface area contributed by atoms with Gasteiger partial charge in [0.2, 0.25) is 11.8 Å². The van der Waals surface area contributed by atoms with Gasteiger partial charge in [0.15, 0.2) is 0 Å². The Kier molecular flexibility index (Phi) is 8.53. The van der Waals surface area contributed by atoms with Gasteiger partial charge in [-0.2, -0.15) is 0 Å². The molecule has 45 heavy (non-hydrogen) atoms. The molecule has 3 aromatic heterocycles. The number of aryl methyl sites for hydroxylation is 2. The number of nitrogens with one attached hydrogen (secondary N) is 2. The van der Waals surface area contributed by atoms with Gasteiger partial charge >= 0.3 is 6.09 Å². The summed E-state index contributed by atoms with van der Waals surface area (Å²) in [6, 6.07) is 15.9. The molecule has 0 bridgehead atoms. The molecule has 232 valence electrons. The van der Waals surface area contributed by atoms with E-state index in [4.69, 9.17) is 14.5 Å². The van der Waals surface area contributed by atoms with Crippen LogP contribution in [0.5, 0.6) is 11.6 Å². The summed E-state index contributed by atoms with van der Waals surface area (Å²) in [6.07, 6.45) is 4.89. The highest BCUT2D eigenvalue weighted by molar-refractivity contribution is 7.09. The average molecular weight is 624 g/mol. The predicted octanol–water partition coefficient (Wildman–Crippen LogP) is 8.11. The normalized spacial score (nSPS) is 15.1. The zero-order chi connectivity index (χ0) is 31.6. The second-order valence-corrected chi connectivity index (χ2v) is 13.2. The van der Waals surface area contributed by atoms with Crippen LogP contribution in [0.2, 0.25) is 0 Å². The third-order valence-electron chi connectivity index (χ3n) is 7.40. The first kappa shape index (κ1) is 30.3. The minimum Gasteiger partial charge on any atom is -0.444 e. The molecule has 0 spiro atoms. The topological polar surface area (TPSA) is 114 Å². The number of likely N-dealkylation sites (tertiary alicyclic amines) is 1. The Balaban J connectivity index is 1.24. The van der Waals surface area contributed by atoms with E-state index in [1.165, 1.54) is 0 Å². The maximum absolute atomic E-state index is 12.7. The summed E-state index contributed by atoms with van der Waals surface area (Å²) in [6.45, 7) is 10.8. The molecule has 0 unspecified atom stereocenters. The van der Waals surface area contributed by atoms with Crippen LogP contribution in [0, 0.1) is 13.8 Å². The Morgan fingerprint density at radius 1 is 1.00 bits per heavy atom. The van der Waals surface area contributed by atoms with Crippen molar-refractivity contribution in [2.24, 2.45) is 0 Å². The van der Waals surface area contributed by atoms with Crippen LogP contribution in [0.25, 0.3) is 22.0 Å². The van der Waals surface area contributed by atoms with Crippen LogP contribution in [0.15, 0.2) is 66.3 Å². The van der Waals surface area contributed by atoms with E-state index >= 15 is 0 Å². The number of carbonyl (C=O) groups is 1. The number of rotatable bonds is 7. The fourth-order valence-electron chi connectivity index (χ4n) is 5.35. The Bertz CT molecular complexity index is 1830. The van der Waals surface area contributed by atoms with Crippen LogP contribution >= 0.6 is 11.3 Å². The van der Waals surface area contributed by atoms with Crippen LogP contribution in [0.1, 0.15) is 44.2 Å². The fraction of sp³-hybridized carbons (Fsp3) is 0.324. The minimum atomic E-state index is -0.539. The molecule has 0 radical (unpaired) electrons. The zero-order valence-corrected chi connectivity index (χ0v) is 26.9. The van der Waals surface area contributed by atoms with Gasteiger partial charge in [-0.05, 0) is 77.3 Å². The van der Waals surface area contributed by atoms with E-state index in [0.29, 0.717) is 30.6 Å². The molecule has 1 atom stereocenters. The predicted molar refractivity (Wildman–Crippen MR) is 179 cm³/mol. The molecule has 6 rings (SSSR count). The quantitative estimate of drug-likeness (QED) is 0.185. The van der Waals surface area contributed by atoms with Crippen LogP contribution in [0.4, 0.5) is 22.2 Å². The number of hydrogen-bond donors (Lipinski definition) is 2. The van der Waals surface area contributed by atoms with Gasteiger partial charge in [-0.1, -0.05) is 24.3 Å². The van der Waals surface area contributed by atoms with Gasteiger partial charge < -0.3 is 25.0 Å². The second kappa shape index (κ2) is 12.7. The smallest absolute Gasteiger partial charge is 0.410 e. The van der Waals surface area contributed by atoms with Gasteiger partial charge in [0.1, 0.15) is 17.2 Å². The highest BCUT2D eigenvalue weighted by Crippen LogP contribution is 2.39. The Hall–Kier alpha value is -4.77. The second-order valence-electron chi connectivity index (χ2n) is 12.1. The molecule has 1 amide bonds. The molecule has 1 aliphatic rings. The summed E-state index contributed by atoms with van der Waals surface area (Å²) < 4.78 is 12.2. The lowest BCUT2D eigenvalue weighted by molar-refractivity contribution is 0.0206. The lowest BCUT2D eigenvalue weighted by Gasteiger charge is -2.34. The summed E-state index contributed by atoms with van der Waals surface area (Å²) in [5.41, 5.74) is 2.81. The number of fused-ring (bicyclic) bond motifs is 1. The fourth-order valence-corrected chi connectivity index (χ4v) is 5.90. The third-order valence-corrected chi connectivity index (χ3v) is 8.17. The van der Waals surface area contributed by atoms with E-state index in [1.54, 1.807) is 28.6 Å². The number of nitrogens with zero attached hydrogens (tertiary/aromatic N) is 5. The number of thiazole rings is 1. The number of aromatic nitrogens is 4. The maximum Gasteiger partial charge on any atom is 0.410 e. The SMILES string of the molecule is Cc1nc(Nc2cccc3c(Oc4ncccc4-c4ccnc(N[C@H]5CCCN(C(=O)OC(C)(C)C)C5)n4)c(C)ccc23)cs1. The molecule has 11 heteroatoms. The number of ether oxygens (including phenoxy) is 2. The van der Waals surface area contributed by atoms with Crippen LogP contribution in [-0.4, -0.2) is 55.7 Å². The number of hydrogen-bond acceptors (Lipinski definition) is 10. The van der Waals surface area contributed by atoms with Gasteiger partial charge in [-0.3, -0.25) is 0 Å². The first-order chi connectivity index (χ1) is 21.6. The van der Waals surface area contributed by atoms with Crippen LogP contribution in [0.3, 0.4) is 0 Å². The van der Waals surface area contributed by atoms with Crippen molar-refractivity contribution in [2.75, 3.05) is 23.7 Å². The molecule has 0 saturated carbocycles. The molecule has 1 saturated heterocycles. The van der Waals surface area contributed by atoms with Crippen LogP contribution in [-0.2, 0) is 4.74 Å². The molecular formula is C34H37N7O3S. The van der Waals surface area contributed by atoms with Crippen molar-refractivity contribution in [2.45, 2.75) is 59.1 Å². The molecule has 1 aliphatic heterocycles. The summed E-state index contributed by atoms with van der Waals surface area (Å²) in [4.78, 5) is 32.9. The molecule has 5 aromatic rings. The highest BCUT2D eigenvalue weighted by atomic mass is 32.1. The lowest BCUT2D eigenvalue weighted by atomic mass is 10.0.